The largest absolute Gasteiger partial charge is 0.483 e. The van der Waals surface area contributed by atoms with Crippen LogP contribution in [-0.4, -0.2) is 22.8 Å². The maximum atomic E-state index is 13.7. The molecule has 2 aromatic rings. The number of rotatable bonds is 3. The number of anilines is 1. The van der Waals surface area contributed by atoms with Gasteiger partial charge in [-0.1, -0.05) is 45.0 Å². The van der Waals surface area contributed by atoms with Crippen molar-refractivity contribution in [1.29, 1.82) is 0 Å². The number of carbonyl (C=O) groups excluding carboxylic acids is 2. The van der Waals surface area contributed by atoms with Crippen LogP contribution in [0.4, 0.5) is 5.13 Å². The second-order valence-corrected chi connectivity index (χ2v) is 9.87. The summed E-state index contributed by atoms with van der Waals surface area (Å²) >= 11 is 1.40. The molecule has 1 aliphatic carbocycles. The molecular weight excluding hydrogens is 396 g/mol. The van der Waals surface area contributed by atoms with Crippen molar-refractivity contribution in [3.63, 3.8) is 0 Å². The molecule has 0 bridgehead atoms. The molecule has 3 heterocycles. The predicted octanol–water partition coefficient (Wildman–Crippen LogP) is 5.01. The summed E-state index contributed by atoms with van der Waals surface area (Å²) in [6.45, 7) is 6.50. The van der Waals surface area contributed by atoms with Crippen LogP contribution < -0.4 is 4.90 Å². The lowest BCUT2D eigenvalue weighted by molar-refractivity contribution is -0.132. The standard InChI is InChI=1S/C24H26N2O3S/c1-13(2)15-5-7-16(8-6-15)20-19-21(27)17-12-14(3)4-9-18(17)29-22(19)23(28)26(20)24-25-10-11-30-24/h5-8,10-11,13-14,17-18,20H,4,9,12H2,1-3H3. The Hall–Kier alpha value is -2.47. The summed E-state index contributed by atoms with van der Waals surface area (Å²) in [6.07, 6.45) is 4.18. The zero-order valence-electron chi connectivity index (χ0n) is 17.5. The van der Waals surface area contributed by atoms with Gasteiger partial charge in [0.05, 0.1) is 17.5 Å². The maximum Gasteiger partial charge on any atom is 0.296 e. The monoisotopic (exact) mass is 422 g/mol. The van der Waals surface area contributed by atoms with Crippen LogP contribution in [0.2, 0.25) is 0 Å². The molecule has 1 fully saturated rings. The second-order valence-electron chi connectivity index (χ2n) is 9.00. The van der Waals surface area contributed by atoms with Crippen molar-refractivity contribution in [1.82, 2.24) is 4.98 Å². The molecule has 156 valence electrons. The first-order valence-corrected chi connectivity index (χ1v) is 11.6. The number of hydrogen-bond acceptors (Lipinski definition) is 5. The van der Waals surface area contributed by atoms with Crippen molar-refractivity contribution in [2.45, 2.75) is 58.1 Å². The topological polar surface area (TPSA) is 59.5 Å². The second kappa shape index (κ2) is 7.34. The molecule has 1 saturated carbocycles. The number of fused-ring (bicyclic) bond motifs is 1. The molecule has 5 nitrogen and oxygen atoms in total. The average Bonchev–Trinajstić information content (AvgIpc) is 3.35. The smallest absolute Gasteiger partial charge is 0.296 e. The van der Waals surface area contributed by atoms with Crippen molar-refractivity contribution >= 4 is 28.2 Å². The molecule has 4 atom stereocenters. The van der Waals surface area contributed by atoms with Gasteiger partial charge in [-0.25, -0.2) is 4.98 Å². The number of aromatic nitrogens is 1. The quantitative estimate of drug-likeness (QED) is 0.697. The van der Waals surface area contributed by atoms with Crippen LogP contribution in [0.1, 0.15) is 63.1 Å². The number of amides is 1. The Balaban J connectivity index is 1.61. The molecule has 0 N–H and O–H groups in total. The van der Waals surface area contributed by atoms with Crippen LogP contribution in [0.5, 0.6) is 0 Å². The molecular formula is C24H26N2O3S. The van der Waals surface area contributed by atoms with Crippen molar-refractivity contribution in [3.8, 4) is 0 Å². The highest BCUT2D eigenvalue weighted by Gasteiger charge is 2.53. The first-order valence-electron chi connectivity index (χ1n) is 10.7. The van der Waals surface area contributed by atoms with E-state index in [0.29, 0.717) is 22.5 Å². The van der Waals surface area contributed by atoms with Gasteiger partial charge in [0.25, 0.3) is 5.91 Å². The van der Waals surface area contributed by atoms with E-state index in [1.165, 1.54) is 16.9 Å². The first-order chi connectivity index (χ1) is 14.5. The summed E-state index contributed by atoms with van der Waals surface area (Å²) in [4.78, 5) is 33.1. The Morgan fingerprint density at radius 3 is 2.60 bits per heavy atom. The van der Waals surface area contributed by atoms with Gasteiger partial charge in [-0.05, 0) is 42.2 Å². The molecule has 1 amide bonds. The van der Waals surface area contributed by atoms with E-state index in [1.54, 1.807) is 11.1 Å². The Morgan fingerprint density at radius 1 is 1.17 bits per heavy atom. The molecule has 2 aliphatic heterocycles. The fourth-order valence-corrected chi connectivity index (χ4v) is 5.65. The molecule has 1 aromatic carbocycles. The highest BCUT2D eigenvalue weighted by molar-refractivity contribution is 7.13. The minimum absolute atomic E-state index is 0.0816. The molecule has 6 heteroatoms. The average molecular weight is 423 g/mol. The number of carbonyl (C=O) groups is 2. The van der Waals surface area contributed by atoms with Gasteiger partial charge in [-0.3, -0.25) is 14.5 Å². The summed E-state index contributed by atoms with van der Waals surface area (Å²) in [6, 6.07) is 7.76. The Labute approximate surface area is 180 Å². The van der Waals surface area contributed by atoms with E-state index in [9.17, 15) is 9.59 Å². The lowest BCUT2D eigenvalue weighted by Gasteiger charge is -2.37. The van der Waals surface area contributed by atoms with Gasteiger partial charge in [0.2, 0.25) is 0 Å². The number of thiazole rings is 1. The van der Waals surface area contributed by atoms with Crippen LogP contribution in [-0.2, 0) is 14.3 Å². The van der Waals surface area contributed by atoms with Crippen LogP contribution in [0, 0.1) is 11.8 Å². The summed E-state index contributed by atoms with van der Waals surface area (Å²) in [7, 11) is 0. The van der Waals surface area contributed by atoms with E-state index in [4.69, 9.17) is 4.74 Å². The molecule has 30 heavy (non-hydrogen) atoms. The molecule has 3 aliphatic rings. The van der Waals surface area contributed by atoms with Gasteiger partial charge in [-0.15, -0.1) is 11.3 Å². The first kappa shape index (κ1) is 19.5. The third-order valence-corrected chi connectivity index (χ3v) is 7.42. The summed E-state index contributed by atoms with van der Waals surface area (Å²) in [5.74, 6) is 0.828. The number of ether oxygens (including phenoxy) is 1. The maximum absolute atomic E-state index is 13.7. The molecule has 0 radical (unpaired) electrons. The molecule has 0 spiro atoms. The summed E-state index contributed by atoms with van der Waals surface area (Å²) in [5, 5.41) is 2.45. The predicted molar refractivity (Wildman–Crippen MR) is 116 cm³/mol. The number of hydrogen-bond donors (Lipinski definition) is 0. The highest BCUT2D eigenvalue weighted by Crippen LogP contribution is 2.49. The van der Waals surface area contributed by atoms with E-state index in [-0.39, 0.29) is 29.5 Å². The Bertz CT molecular complexity index is 1010. The minimum atomic E-state index is -0.481. The minimum Gasteiger partial charge on any atom is -0.483 e. The van der Waals surface area contributed by atoms with Gasteiger partial charge >= 0.3 is 0 Å². The molecule has 0 saturated heterocycles. The normalized spacial score (nSPS) is 28.6. The van der Waals surface area contributed by atoms with Crippen LogP contribution >= 0.6 is 11.3 Å². The van der Waals surface area contributed by atoms with Crippen molar-refractivity contribution in [2.75, 3.05) is 4.90 Å². The number of Topliss-reactive ketones (excluding diaryl/α,β-unsaturated/α-hetero) is 1. The third kappa shape index (κ3) is 3.00. The van der Waals surface area contributed by atoms with E-state index in [1.807, 2.05) is 17.5 Å². The van der Waals surface area contributed by atoms with Gasteiger partial charge in [0.1, 0.15) is 6.10 Å². The number of benzene rings is 1. The molecule has 1 aromatic heterocycles. The summed E-state index contributed by atoms with van der Waals surface area (Å²) < 4.78 is 6.23. The van der Waals surface area contributed by atoms with E-state index >= 15 is 0 Å². The summed E-state index contributed by atoms with van der Waals surface area (Å²) in [5.41, 5.74) is 2.67. The fraction of sp³-hybridized carbons (Fsp3) is 0.458. The van der Waals surface area contributed by atoms with Crippen LogP contribution in [0.15, 0.2) is 47.2 Å². The Kier molecular flexibility index (Phi) is 4.77. The van der Waals surface area contributed by atoms with Crippen LogP contribution in [0.3, 0.4) is 0 Å². The van der Waals surface area contributed by atoms with Crippen LogP contribution in [0.25, 0.3) is 0 Å². The zero-order valence-corrected chi connectivity index (χ0v) is 18.3. The Morgan fingerprint density at radius 2 is 1.93 bits per heavy atom. The molecule has 4 unspecified atom stereocenters. The van der Waals surface area contributed by atoms with Crippen molar-refractivity contribution in [2.24, 2.45) is 11.8 Å². The van der Waals surface area contributed by atoms with Gasteiger partial charge in [0.15, 0.2) is 16.7 Å². The number of ketones is 1. The lowest BCUT2D eigenvalue weighted by Crippen LogP contribution is -2.41. The SMILES string of the molecule is CC1CCC2OC3=C(C(=O)C2C1)C(c1ccc(C(C)C)cc1)N(c1nccs1)C3=O. The van der Waals surface area contributed by atoms with Gasteiger partial charge in [-0.2, -0.15) is 0 Å². The van der Waals surface area contributed by atoms with E-state index in [0.717, 1.165) is 24.8 Å². The van der Waals surface area contributed by atoms with Crippen molar-refractivity contribution < 1.29 is 14.3 Å². The molecule has 5 rings (SSSR count). The van der Waals surface area contributed by atoms with E-state index < -0.39 is 6.04 Å². The fourth-order valence-electron chi connectivity index (χ4n) is 4.99. The zero-order chi connectivity index (χ0) is 21.0. The highest BCUT2D eigenvalue weighted by atomic mass is 32.1. The van der Waals surface area contributed by atoms with E-state index in [2.05, 4.69) is 37.9 Å². The van der Waals surface area contributed by atoms with Gasteiger partial charge in [0, 0.05) is 11.6 Å². The lowest BCUT2D eigenvalue weighted by atomic mass is 9.74. The number of nitrogens with zero attached hydrogens (tertiary/aromatic N) is 2. The van der Waals surface area contributed by atoms with Gasteiger partial charge < -0.3 is 4.74 Å². The van der Waals surface area contributed by atoms with Crippen molar-refractivity contribution in [3.05, 3.63) is 58.3 Å². The third-order valence-electron chi connectivity index (χ3n) is 6.65.